The van der Waals surface area contributed by atoms with E-state index in [2.05, 4.69) is 0 Å². The zero-order valence-electron chi connectivity index (χ0n) is 12.7. The standard InChI is InChI=1S/C14H16N4O4/c1-15(2)10-7-5-9-6-8-11(16(3)4)14(18(21)22)12(9)13(10)17(19)20/h5-8H,1-4H3. The maximum atomic E-state index is 11.5. The fraction of sp³-hybridized carbons (Fsp3) is 0.286. The number of nitro groups is 2. The van der Waals surface area contributed by atoms with Gasteiger partial charge in [-0.2, -0.15) is 0 Å². The average Bonchev–Trinajstić information content (AvgIpc) is 2.43. The van der Waals surface area contributed by atoms with Gasteiger partial charge in [0.1, 0.15) is 16.8 Å². The van der Waals surface area contributed by atoms with Crippen molar-refractivity contribution in [1.82, 2.24) is 0 Å². The van der Waals surface area contributed by atoms with Gasteiger partial charge in [-0.3, -0.25) is 20.2 Å². The van der Waals surface area contributed by atoms with E-state index in [0.29, 0.717) is 16.8 Å². The molecule has 0 amide bonds. The first-order valence-electron chi connectivity index (χ1n) is 6.48. The normalized spacial score (nSPS) is 10.5. The molecule has 2 aromatic rings. The van der Waals surface area contributed by atoms with Crippen LogP contribution in [0.2, 0.25) is 0 Å². The zero-order valence-corrected chi connectivity index (χ0v) is 12.7. The summed E-state index contributed by atoms with van der Waals surface area (Å²) < 4.78 is 0. The van der Waals surface area contributed by atoms with Crippen molar-refractivity contribution < 1.29 is 9.85 Å². The third-order valence-electron chi connectivity index (χ3n) is 3.42. The molecule has 0 aliphatic carbocycles. The van der Waals surface area contributed by atoms with Gasteiger partial charge in [0, 0.05) is 28.2 Å². The lowest BCUT2D eigenvalue weighted by molar-refractivity contribution is -0.389. The van der Waals surface area contributed by atoms with Crippen LogP contribution in [0, 0.1) is 20.2 Å². The van der Waals surface area contributed by atoms with Gasteiger partial charge in [-0.15, -0.1) is 0 Å². The number of nitro benzene ring substituents is 2. The summed E-state index contributed by atoms with van der Waals surface area (Å²) in [5.74, 6) is 0. The van der Waals surface area contributed by atoms with Crippen LogP contribution in [-0.4, -0.2) is 38.0 Å². The number of anilines is 2. The summed E-state index contributed by atoms with van der Waals surface area (Å²) in [6.45, 7) is 0. The highest BCUT2D eigenvalue weighted by atomic mass is 16.6. The molecule has 0 spiro atoms. The number of fused-ring (bicyclic) bond motifs is 1. The summed E-state index contributed by atoms with van der Waals surface area (Å²) in [6.07, 6.45) is 0. The monoisotopic (exact) mass is 304 g/mol. The van der Waals surface area contributed by atoms with E-state index >= 15 is 0 Å². The third kappa shape index (κ3) is 2.39. The van der Waals surface area contributed by atoms with E-state index in [4.69, 9.17) is 0 Å². The lowest BCUT2D eigenvalue weighted by atomic mass is 10.0. The van der Waals surface area contributed by atoms with E-state index in [1.807, 2.05) is 0 Å². The second-order valence-corrected chi connectivity index (χ2v) is 5.27. The Morgan fingerprint density at radius 3 is 1.41 bits per heavy atom. The lowest BCUT2D eigenvalue weighted by Crippen LogP contribution is -2.13. The summed E-state index contributed by atoms with van der Waals surface area (Å²) in [5, 5.41) is 23.6. The van der Waals surface area contributed by atoms with Crippen LogP contribution >= 0.6 is 0 Å². The molecular formula is C14H16N4O4. The molecule has 2 rings (SSSR count). The minimum Gasteiger partial charge on any atom is -0.372 e. The Morgan fingerprint density at radius 1 is 0.773 bits per heavy atom. The van der Waals surface area contributed by atoms with Gasteiger partial charge in [0.15, 0.2) is 0 Å². The smallest absolute Gasteiger partial charge is 0.307 e. The highest BCUT2D eigenvalue weighted by molar-refractivity contribution is 6.06. The predicted molar refractivity (Wildman–Crippen MR) is 85.9 cm³/mol. The molecular weight excluding hydrogens is 288 g/mol. The van der Waals surface area contributed by atoms with Crippen molar-refractivity contribution >= 4 is 33.5 Å². The van der Waals surface area contributed by atoms with Crippen molar-refractivity contribution in [1.29, 1.82) is 0 Å². The summed E-state index contributed by atoms with van der Waals surface area (Å²) in [6, 6.07) is 6.51. The van der Waals surface area contributed by atoms with Gasteiger partial charge in [0.25, 0.3) is 0 Å². The van der Waals surface area contributed by atoms with E-state index in [9.17, 15) is 20.2 Å². The topological polar surface area (TPSA) is 92.8 Å². The largest absolute Gasteiger partial charge is 0.372 e. The molecule has 8 nitrogen and oxygen atoms in total. The minimum atomic E-state index is -0.565. The lowest BCUT2D eigenvalue weighted by Gasteiger charge is -2.17. The van der Waals surface area contributed by atoms with Gasteiger partial charge in [-0.05, 0) is 17.5 Å². The molecule has 2 aromatic carbocycles. The molecule has 0 unspecified atom stereocenters. The average molecular weight is 304 g/mol. The van der Waals surface area contributed by atoms with Crippen LogP contribution in [0.4, 0.5) is 22.7 Å². The summed E-state index contributed by atoms with van der Waals surface area (Å²) in [4.78, 5) is 25.1. The summed E-state index contributed by atoms with van der Waals surface area (Å²) in [7, 11) is 6.65. The molecule has 22 heavy (non-hydrogen) atoms. The number of rotatable bonds is 4. The molecule has 0 aromatic heterocycles. The second kappa shape index (κ2) is 5.47. The van der Waals surface area contributed by atoms with E-state index in [1.54, 1.807) is 62.3 Å². The Balaban J connectivity index is 3.06. The maximum absolute atomic E-state index is 11.5. The van der Waals surface area contributed by atoms with Crippen molar-refractivity contribution in [3.05, 3.63) is 44.5 Å². The van der Waals surface area contributed by atoms with E-state index in [-0.39, 0.29) is 16.8 Å². The van der Waals surface area contributed by atoms with Gasteiger partial charge in [0.05, 0.1) is 9.85 Å². The molecule has 0 bridgehead atoms. The number of hydrogen-bond acceptors (Lipinski definition) is 6. The van der Waals surface area contributed by atoms with Crippen LogP contribution in [0.25, 0.3) is 10.8 Å². The Morgan fingerprint density at radius 2 is 1.14 bits per heavy atom. The molecule has 8 heteroatoms. The molecule has 0 heterocycles. The van der Waals surface area contributed by atoms with E-state index < -0.39 is 9.85 Å². The second-order valence-electron chi connectivity index (χ2n) is 5.27. The zero-order chi connectivity index (χ0) is 16.6. The molecule has 0 fully saturated rings. The summed E-state index contributed by atoms with van der Waals surface area (Å²) >= 11 is 0. The molecule has 0 atom stereocenters. The quantitative estimate of drug-likeness (QED) is 0.637. The number of hydrogen-bond donors (Lipinski definition) is 0. The molecule has 0 radical (unpaired) electrons. The van der Waals surface area contributed by atoms with Gasteiger partial charge >= 0.3 is 11.4 Å². The highest BCUT2D eigenvalue weighted by Crippen LogP contribution is 2.44. The molecule has 116 valence electrons. The molecule has 0 N–H and O–H groups in total. The first-order chi connectivity index (χ1) is 10.3. The van der Waals surface area contributed by atoms with Crippen LogP contribution in [0.15, 0.2) is 24.3 Å². The van der Waals surface area contributed by atoms with Crippen LogP contribution in [-0.2, 0) is 0 Å². The van der Waals surface area contributed by atoms with Crippen molar-refractivity contribution in [2.75, 3.05) is 38.0 Å². The Kier molecular flexibility index (Phi) is 3.85. The minimum absolute atomic E-state index is 0.0485. The number of benzene rings is 2. The predicted octanol–water partition coefficient (Wildman–Crippen LogP) is 2.79. The number of nitrogens with zero attached hydrogens (tertiary/aromatic N) is 4. The fourth-order valence-corrected chi connectivity index (χ4v) is 2.45. The van der Waals surface area contributed by atoms with Crippen LogP contribution in [0.5, 0.6) is 0 Å². The van der Waals surface area contributed by atoms with Gasteiger partial charge in [-0.1, -0.05) is 12.1 Å². The van der Waals surface area contributed by atoms with Crippen LogP contribution in [0.3, 0.4) is 0 Å². The van der Waals surface area contributed by atoms with Gasteiger partial charge in [0.2, 0.25) is 0 Å². The van der Waals surface area contributed by atoms with Crippen LogP contribution in [0.1, 0.15) is 0 Å². The first-order valence-corrected chi connectivity index (χ1v) is 6.48. The Bertz CT molecular complexity index is 710. The van der Waals surface area contributed by atoms with E-state index in [1.165, 1.54) is 0 Å². The molecule has 0 saturated carbocycles. The fourth-order valence-electron chi connectivity index (χ4n) is 2.45. The maximum Gasteiger partial charge on any atom is 0.307 e. The highest BCUT2D eigenvalue weighted by Gasteiger charge is 2.30. The molecule has 0 aliphatic rings. The van der Waals surface area contributed by atoms with Gasteiger partial charge in [-0.25, -0.2) is 0 Å². The van der Waals surface area contributed by atoms with Crippen molar-refractivity contribution in [2.24, 2.45) is 0 Å². The van der Waals surface area contributed by atoms with E-state index in [0.717, 1.165) is 0 Å². The third-order valence-corrected chi connectivity index (χ3v) is 3.42. The SMILES string of the molecule is CN(C)c1ccc2ccc(N(C)C)c([N+](=O)[O-])c2c1[N+](=O)[O-]. The van der Waals surface area contributed by atoms with Crippen molar-refractivity contribution in [3.63, 3.8) is 0 Å². The Hall–Kier alpha value is -2.90. The molecule has 0 saturated heterocycles. The van der Waals surface area contributed by atoms with Gasteiger partial charge < -0.3 is 9.80 Å². The van der Waals surface area contributed by atoms with Crippen molar-refractivity contribution in [3.8, 4) is 0 Å². The van der Waals surface area contributed by atoms with Crippen molar-refractivity contribution in [2.45, 2.75) is 0 Å². The van der Waals surface area contributed by atoms with Crippen LogP contribution < -0.4 is 9.80 Å². The molecule has 0 aliphatic heterocycles. The first kappa shape index (κ1) is 15.5. The summed E-state index contributed by atoms with van der Waals surface area (Å²) in [5.41, 5.74) is 0.156. The Labute approximate surface area is 126 Å².